The predicted molar refractivity (Wildman–Crippen MR) is 121 cm³/mol. The van der Waals surface area contributed by atoms with E-state index in [2.05, 4.69) is 26.3 Å². The average molecular weight is 464 g/mol. The average Bonchev–Trinajstić information content (AvgIpc) is 3.26. The van der Waals surface area contributed by atoms with E-state index in [4.69, 9.17) is 9.47 Å². The number of hydrogen-bond donors (Lipinski definition) is 2. The third kappa shape index (κ3) is 3.69. The second-order valence-corrected chi connectivity index (χ2v) is 9.56. The maximum Gasteiger partial charge on any atom is 0.339 e. The van der Waals surface area contributed by atoms with Gasteiger partial charge in [-0.3, -0.25) is 0 Å². The summed E-state index contributed by atoms with van der Waals surface area (Å²) in [5, 5.41) is 12.8. The van der Waals surface area contributed by atoms with Gasteiger partial charge < -0.3 is 24.8 Å². The molecule has 6 rings (SSSR count). The van der Waals surface area contributed by atoms with Crippen LogP contribution in [0.1, 0.15) is 36.0 Å². The lowest BCUT2D eigenvalue weighted by atomic mass is 9.61. The van der Waals surface area contributed by atoms with Gasteiger partial charge >= 0.3 is 5.97 Å². The van der Waals surface area contributed by atoms with E-state index >= 15 is 0 Å². The van der Waals surface area contributed by atoms with Gasteiger partial charge in [0.25, 0.3) is 0 Å². The third-order valence-electron chi connectivity index (χ3n) is 7.16. The number of nitrogens with one attached hydrogen (secondary N) is 1. The summed E-state index contributed by atoms with van der Waals surface area (Å²) in [5.74, 6) is 0.170. The molecule has 0 amide bonds. The fraction of sp³-hybridized carbons (Fsp3) is 0.400. The number of ether oxygens (including phenoxy) is 2. The minimum absolute atomic E-state index is 0.0492. The lowest BCUT2D eigenvalue weighted by molar-refractivity contribution is -0.0654. The number of aromatic carboxylic acids is 1. The number of carboxylic acids is 1. The minimum atomic E-state index is -1.26. The van der Waals surface area contributed by atoms with Crippen LogP contribution in [0.3, 0.4) is 0 Å². The van der Waals surface area contributed by atoms with Gasteiger partial charge in [0.2, 0.25) is 0 Å². The second-order valence-electron chi connectivity index (χ2n) is 9.56. The number of halogens is 1. The number of carbonyl (C=O) groups is 1. The Morgan fingerprint density at radius 2 is 2.09 bits per heavy atom. The highest BCUT2D eigenvalue weighted by molar-refractivity contribution is 5.91. The molecule has 0 unspecified atom stereocenters. The number of benzene rings is 1. The lowest BCUT2D eigenvalue weighted by Gasteiger charge is -2.59. The van der Waals surface area contributed by atoms with E-state index in [9.17, 15) is 14.3 Å². The van der Waals surface area contributed by atoms with Crippen LogP contribution in [0, 0.1) is 11.2 Å². The summed E-state index contributed by atoms with van der Waals surface area (Å²) in [6.45, 7) is 3.53. The van der Waals surface area contributed by atoms with Crippen molar-refractivity contribution < 1.29 is 23.8 Å². The van der Waals surface area contributed by atoms with Gasteiger partial charge in [0.1, 0.15) is 35.3 Å². The van der Waals surface area contributed by atoms with Gasteiger partial charge in [-0.25, -0.2) is 19.2 Å². The molecule has 2 aliphatic carbocycles. The van der Waals surface area contributed by atoms with Crippen molar-refractivity contribution in [3.63, 3.8) is 0 Å². The number of carboxylic acid groups (broad SMARTS) is 1. The van der Waals surface area contributed by atoms with Crippen LogP contribution in [-0.2, 0) is 4.74 Å². The Morgan fingerprint density at radius 3 is 2.91 bits per heavy atom. The molecule has 1 aromatic carbocycles. The van der Waals surface area contributed by atoms with Crippen molar-refractivity contribution in [1.82, 2.24) is 15.3 Å². The van der Waals surface area contributed by atoms with E-state index in [1.165, 1.54) is 35.8 Å². The van der Waals surface area contributed by atoms with Crippen molar-refractivity contribution in [1.29, 1.82) is 0 Å². The van der Waals surface area contributed by atoms with Crippen LogP contribution in [0.2, 0.25) is 0 Å². The number of nitrogens with zero attached hydrogens (tertiary/aromatic N) is 3. The molecular formula is C25H25FN4O4. The summed E-state index contributed by atoms with van der Waals surface area (Å²) >= 11 is 0. The Morgan fingerprint density at radius 1 is 1.24 bits per heavy atom. The van der Waals surface area contributed by atoms with Gasteiger partial charge in [0.05, 0.1) is 6.20 Å². The fourth-order valence-corrected chi connectivity index (χ4v) is 5.53. The molecule has 8 nitrogen and oxygen atoms in total. The first kappa shape index (κ1) is 21.1. The van der Waals surface area contributed by atoms with Gasteiger partial charge in [-0.05, 0) is 55.5 Å². The third-order valence-corrected chi connectivity index (χ3v) is 7.16. The molecule has 0 bridgehead atoms. The summed E-state index contributed by atoms with van der Waals surface area (Å²) in [6.07, 6.45) is 9.60. The van der Waals surface area contributed by atoms with E-state index in [0.29, 0.717) is 11.6 Å². The first-order valence-electron chi connectivity index (χ1n) is 11.5. The van der Waals surface area contributed by atoms with Crippen LogP contribution in [0.4, 0.5) is 10.2 Å². The summed E-state index contributed by atoms with van der Waals surface area (Å²) < 4.78 is 25.7. The maximum absolute atomic E-state index is 13.5. The van der Waals surface area contributed by atoms with Crippen molar-refractivity contribution in [2.24, 2.45) is 5.41 Å². The molecule has 0 radical (unpaired) electrons. The highest BCUT2D eigenvalue weighted by Gasteiger charge is 2.54. The Bertz CT molecular complexity index is 1210. The van der Waals surface area contributed by atoms with Crippen LogP contribution in [0.15, 0.2) is 53.7 Å². The molecular weight excluding hydrogens is 439 g/mol. The van der Waals surface area contributed by atoms with Crippen LogP contribution < -0.4 is 15.0 Å². The molecule has 0 atom stereocenters. The number of anilines is 1. The van der Waals surface area contributed by atoms with Crippen molar-refractivity contribution >= 4 is 11.8 Å². The molecule has 1 spiro atoms. The molecule has 2 N–H and O–H groups in total. The van der Waals surface area contributed by atoms with E-state index in [0.717, 1.165) is 63.7 Å². The fourth-order valence-electron chi connectivity index (χ4n) is 5.53. The van der Waals surface area contributed by atoms with Crippen LogP contribution in [-0.4, -0.2) is 53.3 Å². The number of hydrogen-bond acceptors (Lipinski definition) is 7. The molecule has 1 aromatic heterocycles. The SMILES string of the molecule is O=C(O)c1cc(F)ccc1Oc1cncnc1N1CC2(CC(OC3=CCCC4=C3CNC4)C2)C1. The van der Waals surface area contributed by atoms with Crippen molar-refractivity contribution in [2.45, 2.75) is 31.8 Å². The van der Waals surface area contributed by atoms with Gasteiger partial charge in [0.15, 0.2) is 11.6 Å². The quantitative estimate of drug-likeness (QED) is 0.669. The summed E-state index contributed by atoms with van der Waals surface area (Å²) in [7, 11) is 0. The van der Waals surface area contributed by atoms with Crippen LogP contribution >= 0.6 is 0 Å². The molecule has 2 fully saturated rings. The molecule has 9 heteroatoms. The molecule has 2 aromatic rings. The van der Waals surface area contributed by atoms with Gasteiger partial charge in [-0.2, -0.15) is 0 Å². The first-order chi connectivity index (χ1) is 16.5. The second kappa shape index (κ2) is 8.09. The molecule has 1 saturated heterocycles. The standard InChI is InChI=1S/C25H25FN4O4/c26-16-4-5-21(18(6-16)24(31)32)34-22-11-28-14-29-23(22)30-12-25(13-30)7-17(8-25)33-20-3-1-2-15-9-27-10-19(15)20/h3-6,11,14,17,27H,1-2,7-10,12-13H2,(H,31,32). The summed E-state index contributed by atoms with van der Waals surface area (Å²) in [6, 6.07) is 3.42. The monoisotopic (exact) mass is 464 g/mol. The summed E-state index contributed by atoms with van der Waals surface area (Å²) in [5.41, 5.74) is 2.80. The van der Waals surface area contributed by atoms with Gasteiger partial charge in [-0.15, -0.1) is 0 Å². The Balaban J connectivity index is 1.10. The molecule has 4 aliphatic rings. The Labute approximate surface area is 196 Å². The van der Waals surface area contributed by atoms with Crippen molar-refractivity contribution in [3.8, 4) is 11.5 Å². The van der Waals surface area contributed by atoms with Crippen LogP contribution in [0.5, 0.6) is 11.5 Å². The van der Waals surface area contributed by atoms with E-state index in [1.807, 2.05) is 0 Å². The molecule has 3 heterocycles. The molecule has 2 aliphatic heterocycles. The van der Waals surface area contributed by atoms with Crippen molar-refractivity contribution in [2.75, 3.05) is 31.1 Å². The van der Waals surface area contributed by atoms with Crippen molar-refractivity contribution in [3.05, 3.63) is 65.1 Å². The predicted octanol–water partition coefficient (Wildman–Crippen LogP) is 3.67. The largest absolute Gasteiger partial charge is 0.490 e. The van der Waals surface area contributed by atoms with Crippen LogP contribution in [0.25, 0.3) is 0 Å². The summed E-state index contributed by atoms with van der Waals surface area (Å²) in [4.78, 5) is 22.0. The Hall–Kier alpha value is -3.46. The minimum Gasteiger partial charge on any atom is -0.490 e. The topological polar surface area (TPSA) is 96.8 Å². The Kier molecular flexibility index (Phi) is 5.02. The maximum atomic E-state index is 13.5. The van der Waals surface area contributed by atoms with Gasteiger partial charge in [-0.1, -0.05) is 0 Å². The normalized spacial score (nSPS) is 21.0. The number of allylic oxidation sites excluding steroid dienone is 1. The zero-order valence-corrected chi connectivity index (χ0v) is 18.6. The molecule has 176 valence electrons. The zero-order valence-electron chi connectivity index (χ0n) is 18.6. The number of aromatic nitrogens is 2. The smallest absolute Gasteiger partial charge is 0.339 e. The lowest BCUT2D eigenvalue weighted by Crippen LogP contribution is -2.64. The number of rotatable bonds is 6. The molecule has 1 saturated carbocycles. The van der Waals surface area contributed by atoms with E-state index in [1.54, 1.807) is 0 Å². The highest BCUT2D eigenvalue weighted by Crippen LogP contribution is 2.52. The van der Waals surface area contributed by atoms with Gasteiger partial charge in [0, 0.05) is 37.2 Å². The van der Waals surface area contributed by atoms with E-state index in [-0.39, 0.29) is 22.8 Å². The zero-order chi connectivity index (χ0) is 23.3. The molecule has 34 heavy (non-hydrogen) atoms. The van der Waals surface area contributed by atoms with E-state index < -0.39 is 11.8 Å². The highest BCUT2D eigenvalue weighted by atomic mass is 19.1. The first-order valence-corrected chi connectivity index (χ1v) is 11.5.